The van der Waals surface area contributed by atoms with Crippen molar-refractivity contribution in [3.8, 4) is 5.75 Å². The van der Waals surface area contributed by atoms with Crippen molar-refractivity contribution in [2.45, 2.75) is 106 Å². The maximum Gasteiger partial charge on any atom is 0.500 e. The highest BCUT2D eigenvalue weighted by Crippen LogP contribution is 2.33. The lowest BCUT2D eigenvalue weighted by Crippen LogP contribution is -2.46. The number of carbonyl (C=O) groups excluding carboxylic acids is 3. The summed E-state index contributed by atoms with van der Waals surface area (Å²) in [6, 6.07) is 12.5. The van der Waals surface area contributed by atoms with E-state index in [4.69, 9.17) is 54.0 Å². The lowest BCUT2D eigenvalue weighted by atomic mass is 10.2. The fraction of sp³-hybridized carbons (Fsp3) is 0.688. The molecule has 0 aliphatic carbocycles. The Bertz CT molecular complexity index is 1840. The molecule has 24 nitrogen and oxygen atoms in total. The number of hydrogen-bond acceptors (Lipinski definition) is 20. The molecule has 0 heterocycles. The number of carbonyl (C=O) groups is 3. The van der Waals surface area contributed by atoms with Crippen LogP contribution in [0.4, 0.5) is 32.3 Å². The smallest absolute Gasteiger partial charge is 0.490 e. The molecule has 0 aliphatic rings. The Balaban J connectivity index is 2.13. The Morgan fingerprint density at radius 2 is 0.947 bits per heavy atom. The molecule has 75 heavy (non-hydrogen) atoms. The first-order valence-corrected chi connectivity index (χ1v) is 32.1. The van der Waals surface area contributed by atoms with Crippen molar-refractivity contribution in [1.82, 2.24) is 16.0 Å². The van der Waals surface area contributed by atoms with Crippen LogP contribution in [0.2, 0.25) is 18.1 Å². The third kappa shape index (κ3) is 26.3. The van der Waals surface area contributed by atoms with Gasteiger partial charge in [0, 0.05) is 109 Å². The van der Waals surface area contributed by atoms with Crippen LogP contribution in [0.5, 0.6) is 5.75 Å². The number of ether oxygens (including phenoxy) is 3. The second-order valence-corrected chi connectivity index (χ2v) is 24.1. The zero-order valence-corrected chi connectivity index (χ0v) is 48.7. The standard InChI is InChI=1S/C48H85N7O17Si3/c1-10-64-73(65-11-2,66-12-3)37-19-29-49-46(56)28-34-61-45-40-43(55(59)60)26-27-44(45)53-52-41-22-24-42(25-23-41)54(32-35-62-47(57)50-30-20-38-74(67-13-4,68-14-5)69-15-6)33-36-63-48(58)51-31-21-39-75(70-16-7,71-17-8)72-18-9/h22-27,40H,10-21,28-39H2,1-9H3,(H,49,56)(H,50,57)(H,51,58). The van der Waals surface area contributed by atoms with E-state index in [1.807, 2.05) is 67.2 Å². The molecular weight excluding hydrogens is 1030 g/mol. The van der Waals surface area contributed by atoms with Gasteiger partial charge in [-0.25, -0.2) is 9.59 Å². The summed E-state index contributed by atoms with van der Waals surface area (Å²) < 4.78 is 70.0. The van der Waals surface area contributed by atoms with E-state index in [-0.39, 0.29) is 62.4 Å². The monoisotopic (exact) mass is 1120 g/mol. The van der Waals surface area contributed by atoms with E-state index in [0.29, 0.717) is 128 Å². The number of rotatable bonds is 44. The third-order valence-electron chi connectivity index (χ3n) is 10.5. The van der Waals surface area contributed by atoms with Gasteiger partial charge in [-0.05, 0) is 112 Å². The molecule has 2 aromatic carbocycles. The number of anilines is 1. The van der Waals surface area contributed by atoms with Crippen LogP contribution in [-0.2, 0) is 54.1 Å². The predicted molar refractivity (Wildman–Crippen MR) is 288 cm³/mol. The molecule has 0 saturated carbocycles. The van der Waals surface area contributed by atoms with E-state index in [2.05, 4.69) is 26.2 Å². The minimum absolute atomic E-state index is 0.00415. The van der Waals surface area contributed by atoms with Gasteiger partial charge >= 0.3 is 38.6 Å². The Kier molecular flexibility index (Phi) is 34.4. The van der Waals surface area contributed by atoms with Crippen molar-refractivity contribution in [2.75, 3.05) is 117 Å². The summed E-state index contributed by atoms with van der Waals surface area (Å²) in [5.41, 5.74) is 1.13. The number of azo groups is 1. The molecule has 2 rings (SSSR count). The Labute approximate surface area is 446 Å². The number of benzene rings is 2. The molecular formula is C48H85N7O17Si3. The lowest BCUT2D eigenvalue weighted by Gasteiger charge is -2.28. The van der Waals surface area contributed by atoms with E-state index in [0.717, 1.165) is 0 Å². The zero-order valence-electron chi connectivity index (χ0n) is 45.7. The molecule has 426 valence electrons. The number of nitro groups is 1. The minimum atomic E-state index is -2.86. The number of amides is 3. The fourth-order valence-electron chi connectivity index (χ4n) is 7.49. The molecule has 0 saturated heterocycles. The van der Waals surface area contributed by atoms with Crippen molar-refractivity contribution in [2.24, 2.45) is 10.2 Å². The van der Waals surface area contributed by atoms with Gasteiger partial charge in [0.25, 0.3) is 5.69 Å². The summed E-state index contributed by atoms with van der Waals surface area (Å²) in [7, 11) is -8.57. The molecule has 3 amide bonds. The molecule has 3 N–H and O–H groups in total. The average molecular weight is 1120 g/mol. The first kappa shape index (κ1) is 66.5. The fourth-order valence-corrected chi connectivity index (χ4v) is 15.3. The van der Waals surface area contributed by atoms with Crippen molar-refractivity contribution in [3.05, 3.63) is 52.6 Å². The molecule has 0 bridgehead atoms. The normalized spacial score (nSPS) is 11.9. The number of alkyl carbamates (subject to hydrolysis) is 2. The third-order valence-corrected chi connectivity index (χ3v) is 20.0. The molecule has 0 fully saturated rings. The highest BCUT2D eigenvalue weighted by atomic mass is 28.4. The summed E-state index contributed by atoms with van der Waals surface area (Å²) in [4.78, 5) is 51.2. The van der Waals surface area contributed by atoms with E-state index < -0.39 is 43.5 Å². The largest absolute Gasteiger partial charge is 0.500 e. The van der Waals surface area contributed by atoms with Crippen LogP contribution in [0.1, 0.15) is 88.0 Å². The van der Waals surface area contributed by atoms with Crippen molar-refractivity contribution >= 4 is 67.3 Å². The number of hydrogen-bond donors (Lipinski definition) is 3. The van der Waals surface area contributed by atoms with Gasteiger partial charge in [0.2, 0.25) is 5.91 Å². The molecule has 0 radical (unpaired) electrons. The van der Waals surface area contributed by atoms with Gasteiger partial charge < -0.3 is 74.9 Å². The van der Waals surface area contributed by atoms with Crippen LogP contribution in [0.15, 0.2) is 52.7 Å². The number of nitrogens with zero attached hydrogens (tertiary/aromatic N) is 4. The summed E-state index contributed by atoms with van der Waals surface area (Å²) in [6.45, 7) is 22.5. The topological polar surface area (TPSA) is 269 Å². The minimum Gasteiger partial charge on any atom is -0.490 e. The molecule has 0 aromatic heterocycles. The highest BCUT2D eigenvalue weighted by molar-refractivity contribution is 6.61. The van der Waals surface area contributed by atoms with Crippen molar-refractivity contribution < 1.29 is 73.4 Å². The summed E-state index contributed by atoms with van der Waals surface area (Å²) >= 11 is 0. The average Bonchev–Trinajstić information content (AvgIpc) is 3.38. The molecule has 0 atom stereocenters. The van der Waals surface area contributed by atoms with Crippen LogP contribution in [0, 0.1) is 10.1 Å². The maximum absolute atomic E-state index is 12.8. The van der Waals surface area contributed by atoms with Gasteiger partial charge in [-0.3, -0.25) is 14.9 Å². The van der Waals surface area contributed by atoms with Gasteiger partial charge in [-0.1, -0.05) is 0 Å². The Hall–Kier alpha value is -4.66. The number of nitro benzene ring substituents is 1. The molecule has 0 spiro atoms. The number of nitrogens with one attached hydrogen (secondary N) is 3. The van der Waals surface area contributed by atoms with Crippen molar-refractivity contribution in [1.29, 1.82) is 0 Å². The Morgan fingerprint density at radius 1 is 0.547 bits per heavy atom. The summed E-state index contributed by atoms with van der Waals surface area (Å²) in [5, 5.41) is 28.8. The molecule has 27 heteroatoms. The van der Waals surface area contributed by atoms with Gasteiger partial charge in [0.1, 0.15) is 18.9 Å². The summed E-state index contributed by atoms with van der Waals surface area (Å²) in [6.07, 6.45) is 0.494. The molecule has 2 aromatic rings. The highest BCUT2D eigenvalue weighted by Gasteiger charge is 2.41. The van der Waals surface area contributed by atoms with Gasteiger partial charge in [-0.2, -0.15) is 5.11 Å². The SMILES string of the molecule is CCO[Si](CCCNC(=O)CCOc1cc([N+](=O)[O-])ccc1N=Nc1ccc(N(CCOC(=O)NCCC[Si](OCC)(OCC)OCC)CCOC(=O)NCCC[Si](OCC)(OCC)OCC)cc1)(OCC)OCC. The van der Waals surface area contributed by atoms with Crippen LogP contribution < -0.4 is 25.6 Å². The van der Waals surface area contributed by atoms with Crippen molar-refractivity contribution in [3.63, 3.8) is 0 Å². The van der Waals surface area contributed by atoms with E-state index >= 15 is 0 Å². The first-order chi connectivity index (χ1) is 36.3. The number of non-ortho nitro benzene ring substituents is 1. The van der Waals surface area contributed by atoms with Gasteiger partial charge in [0.15, 0.2) is 5.75 Å². The predicted octanol–water partition coefficient (Wildman–Crippen LogP) is 8.47. The van der Waals surface area contributed by atoms with E-state index in [1.54, 1.807) is 24.3 Å². The molecule has 0 aliphatic heterocycles. The van der Waals surface area contributed by atoms with E-state index in [1.165, 1.54) is 18.2 Å². The van der Waals surface area contributed by atoms with Crippen LogP contribution >= 0.6 is 0 Å². The molecule has 0 unspecified atom stereocenters. The summed E-state index contributed by atoms with van der Waals surface area (Å²) in [5.74, 6) is -0.194. The maximum atomic E-state index is 12.8. The zero-order chi connectivity index (χ0) is 55.2. The van der Waals surface area contributed by atoms with Crippen LogP contribution in [0.25, 0.3) is 0 Å². The second kappa shape index (κ2) is 38.8. The van der Waals surface area contributed by atoms with Gasteiger partial charge in [-0.15, -0.1) is 5.11 Å². The van der Waals surface area contributed by atoms with Crippen LogP contribution in [0.3, 0.4) is 0 Å². The lowest BCUT2D eigenvalue weighted by molar-refractivity contribution is -0.384. The van der Waals surface area contributed by atoms with Crippen LogP contribution in [-0.4, -0.2) is 161 Å². The Morgan fingerprint density at radius 3 is 1.33 bits per heavy atom. The quantitative estimate of drug-likeness (QED) is 0.0184. The first-order valence-electron chi connectivity index (χ1n) is 26.3. The second-order valence-electron chi connectivity index (χ2n) is 15.9. The van der Waals surface area contributed by atoms with E-state index in [9.17, 15) is 24.5 Å². The van der Waals surface area contributed by atoms with Gasteiger partial charge in [0.05, 0.1) is 42.8 Å².